The molecule has 1 aliphatic rings. The van der Waals surface area contributed by atoms with Crippen molar-refractivity contribution in [3.05, 3.63) is 0 Å². The van der Waals surface area contributed by atoms with E-state index in [9.17, 15) is 4.79 Å². The van der Waals surface area contributed by atoms with Gasteiger partial charge in [-0.2, -0.15) is 0 Å². The lowest BCUT2D eigenvalue weighted by atomic mass is 10.1. The molecule has 94 valence electrons. The van der Waals surface area contributed by atoms with Gasteiger partial charge in [-0.05, 0) is 40.0 Å². The van der Waals surface area contributed by atoms with E-state index in [2.05, 4.69) is 0 Å². The van der Waals surface area contributed by atoms with Crippen LogP contribution in [0.15, 0.2) is 0 Å². The van der Waals surface area contributed by atoms with Crippen LogP contribution >= 0.6 is 11.8 Å². The van der Waals surface area contributed by atoms with Gasteiger partial charge in [0.25, 0.3) is 0 Å². The molecule has 0 spiro atoms. The summed E-state index contributed by atoms with van der Waals surface area (Å²) in [6.07, 6.45) is 3.58. The molecule has 0 saturated carbocycles. The highest BCUT2D eigenvalue weighted by Gasteiger charge is 2.23. The van der Waals surface area contributed by atoms with Gasteiger partial charge in [0.2, 0.25) is 5.91 Å². The number of rotatable bonds is 4. The number of nitrogens with two attached hydrogens (primary N) is 1. The van der Waals surface area contributed by atoms with Gasteiger partial charge >= 0.3 is 0 Å². The first-order valence-corrected chi connectivity index (χ1v) is 7.14. The summed E-state index contributed by atoms with van der Waals surface area (Å²) in [4.78, 5) is 14.1. The summed E-state index contributed by atoms with van der Waals surface area (Å²) < 4.78 is 0. The summed E-state index contributed by atoms with van der Waals surface area (Å²) in [5, 5.41) is 0.0425. The fourth-order valence-corrected chi connectivity index (χ4v) is 2.75. The van der Waals surface area contributed by atoms with Crippen LogP contribution in [0.25, 0.3) is 0 Å². The molecule has 3 nitrogen and oxygen atoms in total. The van der Waals surface area contributed by atoms with Crippen molar-refractivity contribution in [3.8, 4) is 0 Å². The summed E-state index contributed by atoms with van der Waals surface area (Å²) in [5.41, 5.74) is 5.72. The average molecular weight is 244 g/mol. The van der Waals surface area contributed by atoms with Crippen molar-refractivity contribution < 1.29 is 4.79 Å². The first-order chi connectivity index (χ1) is 7.40. The highest BCUT2D eigenvalue weighted by Crippen LogP contribution is 2.19. The van der Waals surface area contributed by atoms with E-state index in [1.165, 1.54) is 6.42 Å². The number of likely N-dealkylation sites (tertiary alicyclic amines) is 1. The molecular weight excluding hydrogens is 220 g/mol. The first kappa shape index (κ1) is 13.8. The lowest BCUT2D eigenvalue weighted by molar-refractivity contribution is -0.131. The molecule has 16 heavy (non-hydrogen) atoms. The Labute approximate surface area is 103 Å². The minimum Gasteiger partial charge on any atom is -0.342 e. The molecule has 1 atom stereocenters. The van der Waals surface area contributed by atoms with E-state index < -0.39 is 0 Å². The molecule has 1 aliphatic heterocycles. The molecule has 1 saturated heterocycles. The van der Waals surface area contributed by atoms with Crippen molar-refractivity contribution in [2.45, 2.75) is 50.8 Å². The Balaban J connectivity index is 2.34. The molecule has 1 fully saturated rings. The molecule has 0 aromatic carbocycles. The molecule has 1 rings (SSSR count). The second-order valence-corrected chi connectivity index (χ2v) is 6.66. The topological polar surface area (TPSA) is 46.3 Å². The van der Waals surface area contributed by atoms with Crippen LogP contribution in [0.3, 0.4) is 0 Å². The van der Waals surface area contributed by atoms with Crippen LogP contribution in [0.4, 0.5) is 0 Å². The van der Waals surface area contributed by atoms with Gasteiger partial charge in [0.15, 0.2) is 0 Å². The molecule has 0 aromatic heterocycles. The molecule has 4 heteroatoms. The maximum Gasteiger partial charge on any atom is 0.235 e. The van der Waals surface area contributed by atoms with Crippen molar-refractivity contribution >= 4 is 17.7 Å². The standard InChI is InChI=1S/C12H24N2OS/c1-10(16-9-12(2,3)13)11(15)14-7-5-4-6-8-14/h10H,4-9,13H2,1-3H3. The van der Waals surface area contributed by atoms with Crippen molar-refractivity contribution in [3.63, 3.8) is 0 Å². The lowest BCUT2D eigenvalue weighted by Gasteiger charge is -2.30. The molecule has 0 bridgehead atoms. The van der Waals surface area contributed by atoms with Crippen LogP contribution in [0.5, 0.6) is 0 Å². The number of hydrogen-bond donors (Lipinski definition) is 1. The number of piperidine rings is 1. The quantitative estimate of drug-likeness (QED) is 0.821. The predicted molar refractivity (Wildman–Crippen MR) is 70.6 cm³/mol. The van der Waals surface area contributed by atoms with Crippen LogP contribution in [0, 0.1) is 0 Å². The van der Waals surface area contributed by atoms with E-state index in [1.807, 2.05) is 25.7 Å². The largest absolute Gasteiger partial charge is 0.342 e. The van der Waals surface area contributed by atoms with E-state index >= 15 is 0 Å². The molecule has 1 amide bonds. The second-order valence-electron chi connectivity index (χ2n) is 5.33. The minimum absolute atomic E-state index is 0.0425. The third kappa shape index (κ3) is 4.74. The fourth-order valence-electron chi connectivity index (χ4n) is 1.78. The highest BCUT2D eigenvalue weighted by molar-refractivity contribution is 8.00. The fraction of sp³-hybridized carbons (Fsp3) is 0.917. The third-order valence-electron chi connectivity index (χ3n) is 2.72. The van der Waals surface area contributed by atoms with Gasteiger partial charge in [-0.1, -0.05) is 0 Å². The predicted octanol–water partition coefficient (Wildman–Crippen LogP) is 1.86. The van der Waals surface area contributed by atoms with E-state index in [-0.39, 0.29) is 16.7 Å². The van der Waals surface area contributed by atoms with Gasteiger partial charge in [-0.3, -0.25) is 4.79 Å². The van der Waals surface area contributed by atoms with Crippen molar-refractivity contribution in [1.29, 1.82) is 0 Å². The van der Waals surface area contributed by atoms with E-state index in [1.54, 1.807) is 11.8 Å². The van der Waals surface area contributed by atoms with Gasteiger partial charge in [-0.15, -0.1) is 11.8 Å². The zero-order valence-electron chi connectivity index (χ0n) is 10.7. The molecule has 1 heterocycles. The van der Waals surface area contributed by atoms with Gasteiger partial charge in [0, 0.05) is 24.4 Å². The molecule has 1 unspecified atom stereocenters. The molecule has 2 N–H and O–H groups in total. The second kappa shape index (κ2) is 5.92. The van der Waals surface area contributed by atoms with Crippen molar-refractivity contribution in [2.75, 3.05) is 18.8 Å². The Kier molecular flexibility index (Phi) is 5.12. The van der Waals surface area contributed by atoms with Crippen LogP contribution in [0.2, 0.25) is 0 Å². The van der Waals surface area contributed by atoms with Crippen LogP contribution < -0.4 is 5.73 Å². The van der Waals surface area contributed by atoms with Gasteiger partial charge < -0.3 is 10.6 Å². The third-order valence-corrected chi connectivity index (χ3v) is 4.33. The van der Waals surface area contributed by atoms with Crippen LogP contribution in [-0.4, -0.2) is 40.4 Å². The maximum atomic E-state index is 12.1. The first-order valence-electron chi connectivity index (χ1n) is 6.09. The smallest absolute Gasteiger partial charge is 0.235 e. The van der Waals surface area contributed by atoms with Crippen LogP contribution in [-0.2, 0) is 4.79 Å². The maximum absolute atomic E-state index is 12.1. The zero-order chi connectivity index (χ0) is 12.2. The van der Waals surface area contributed by atoms with Crippen molar-refractivity contribution in [2.24, 2.45) is 5.73 Å². The summed E-state index contributed by atoms with van der Waals surface area (Å²) in [6.45, 7) is 7.87. The Morgan fingerprint density at radius 3 is 2.44 bits per heavy atom. The van der Waals surface area contributed by atoms with Gasteiger partial charge in [0.05, 0.1) is 5.25 Å². The normalized spacial score (nSPS) is 19.6. The molecule has 0 aromatic rings. The summed E-state index contributed by atoms with van der Waals surface area (Å²) >= 11 is 1.67. The Bertz CT molecular complexity index is 232. The number of carbonyl (C=O) groups is 1. The zero-order valence-corrected chi connectivity index (χ0v) is 11.5. The Morgan fingerprint density at radius 1 is 1.38 bits per heavy atom. The molecular formula is C12H24N2OS. The number of carbonyl (C=O) groups excluding carboxylic acids is 1. The monoisotopic (exact) mass is 244 g/mol. The van der Waals surface area contributed by atoms with Crippen molar-refractivity contribution in [1.82, 2.24) is 4.90 Å². The SMILES string of the molecule is CC(SCC(C)(C)N)C(=O)N1CCCCC1. The number of hydrogen-bond acceptors (Lipinski definition) is 3. The Hall–Kier alpha value is -0.220. The minimum atomic E-state index is -0.193. The molecule has 0 radical (unpaired) electrons. The Morgan fingerprint density at radius 2 is 1.94 bits per heavy atom. The number of amides is 1. The van der Waals surface area contributed by atoms with E-state index in [4.69, 9.17) is 5.73 Å². The molecule has 0 aliphatic carbocycles. The summed E-state index contributed by atoms with van der Waals surface area (Å²) in [7, 11) is 0. The van der Waals surface area contributed by atoms with Gasteiger partial charge in [-0.25, -0.2) is 0 Å². The number of thioether (sulfide) groups is 1. The number of nitrogens with zero attached hydrogens (tertiary/aromatic N) is 1. The van der Waals surface area contributed by atoms with E-state index in [0.29, 0.717) is 0 Å². The lowest BCUT2D eigenvalue weighted by Crippen LogP contribution is -2.41. The summed E-state index contributed by atoms with van der Waals surface area (Å²) in [6, 6.07) is 0. The van der Waals surface area contributed by atoms with E-state index in [0.717, 1.165) is 31.7 Å². The summed E-state index contributed by atoms with van der Waals surface area (Å²) in [5.74, 6) is 1.11. The van der Waals surface area contributed by atoms with Crippen LogP contribution in [0.1, 0.15) is 40.0 Å². The highest BCUT2D eigenvalue weighted by atomic mass is 32.2. The average Bonchev–Trinajstić information content (AvgIpc) is 2.25. The van der Waals surface area contributed by atoms with Gasteiger partial charge in [0.1, 0.15) is 0 Å².